The number of hydrogen-bond donors (Lipinski definition) is 2. The van der Waals surface area contributed by atoms with E-state index in [1.54, 1.807) is 7.11 Å². The van der Waals surface area contributed by atoms with E-state index in [0.717, 1.165) is 64.3 Å². The van der Waals surface area contributed by atoms with Gasteiger partial charge in [0.15, 0.2) is 5.96 Å². The molecule has 2 rings (SSSR count). The molecule has 0 spiro atoms. The van der Waals surface area contributed by atoms with E-state index in [4.69, 9.17) is 4.74 Å². The van der Waals surface area contributed by atoms with E-state index >= 15 is 0 Å². The van der Waals surface area contributed by atoms with Crippen molar-refractivity contribution in [3.05, 3.63) is 18.5 Å². The lowest BCUT2D eigenvalue weighted by atomic mass is 10.4. The Balaban J connectivity index is 0.00000312. The Bertz CT molecular complexity index is 464. The molecule has 144 valence electrons. The van der Waals surface area contributed by atoms with Crippen molar-refractivity contribution >= 4 is 29.9 Å². The predicted octanol–water partition coefficient (Wildman–Crippen LogP) is 1.56. The maximum absolute atomic E-state index is 5.21. The van der Waals surface area contributed by atoms with Gasteiger partial charge in [-0.05, 0) is 32.3 Å². The number of nitrogens with zero attached hydrogens (tertiary/aromatic N) is 4. The molecule has 1 aromatic heterocycles. The van der Waals surface area contributed by atoms with Gasteiger partial charge in [0.2, 0.25) is 0 Å². The lowest BCUT2D eigenvalue weighted by Crippen LogP contribution is -2.42. The van der Waals surface area contributed by atoms with Gasteiger partial charge in [-0.2, -0.15) is 5.10 Å². The van der Waals surface area contributed by atoms with Crippen molar-refractivity contribution in [2.75, 3.05) is 46.4 Å². The Hall–Kier alpha value is -0.870. The lowest BCUT2D eigenvalue weighted by molar-refractivity contribution is 0.144. The van der Waals surface area contributed by atoms with Crippen LogP contribution in [0.15, 0.2) is 23.5 Å². The van der Waals surface area contributed by atoms with Gasteiger partial charge in [-0.25, -0.2) is 0 Å². The van der Waals surface area contributed by atoms with Crippen LogP contribution in [0.1, 0.15) is 26.2 Å². The molecule has 25 heavy (non-hydrogen) atoms. The molecule has 7 nitrogen and oxygen atoms in total. The van der Waals surface area contributed by atoms with Crippen LogP contribution in [0.5, 0.6) is 0 Å². The number of aliphatic imine (C=N–C) groups is 1. The van der Waals surface area contributed by atoms with E-state index < -0.39 is 0 Å². The van der Waals surface area contributed by atoms with Crippen molar-refractivity contribution in [3.63, 3.8) is 0 Å². The summed E-state index contributed by atoms with van der Waals surface area (Å²) in [7, 11) is 1.77. The van der Waals surface area contributed by atoms with Gasteiger partial charge in [-0.1, -0.05) is 0 Å². The number of ether oxygens (including phenoxy) is 1. The molecule has 1 aliphatic rings. The van der Waals surface area contributed by atoms with Gasteiger partial charge >= 0.3 is 0 Å². The number of methoxy groups -OCH3 is 1. The Morgan fingerprint density at radius 2 is 2.20 bits per heavy atom. The van der Waals surface area contributed by atoms with Gasteiger partial charge < -0.3 is 15.4 Å². The number of nitrogens with one attached hydrogen (secondary N) is 2. The fraction of sp³-hybridized carbons (Fsp3) is 0.765. The van der Waals surface area contributed by atoms with Crippen molar-refractivity contribution in [2.45, 2.75) is 38.8 Å². The normalized spacial score (nSPS) is 14.4. The molecule has 0 aromatic carbocycles. The van der Waals surface area contributed by atoms with E-state index in [-0.39, 0.29) is 24.0 Å². The molecule has 1 fully saturated rings. The Morgan fingerprint density at radius 3 is 2.84 bits per heavy atom. The second kappa shape index (κ2) is 13.3. The van der Waals surface area contributed by atoms with Crippen LogP contribution in [0.4, 0.5) is 0 Å². The Kier molecular flexibility index (Phi) is 11.8. The highest BCUT2D eigenvalue weighted by Gasteiger charge is 2.28. The molecule has 1 saturated carbocycles. The monoisotopic (exact) mass is 464 g/mol. The van der Waals surface area contributed by atoms with E-state index in [0.29, 0.717) is 0 Å². The average Bonchev–Trinajstić information content (AvgIpc) is 3.30. The van der Waals surface area contributed by atoms with Gasteiger partial charge in [-0.3, -0.25) is 14.6 Å². The van der Waals surface area contributed by atoms with Gasteiger partial charge in [0.05, 0.1) is 6.61 Å². The summed E-state index contributed by atoms with van der Waals surface area (Å²) >= 11 is 0. The maximum Gasteiger partial charge on any atom is 0.191 e. The van der Waals surface area contributed by atoms with Crippen LogP contribution in [0, 0.1) is 0 Å². The number of halogens is 1. The summed E-state index contributed by atoms with van der Waals surface area (Å²) in [5.74, 6) is 0.903. The Morgan fingerprint density at radius 1 is 1.36 bits per heavy atom. The minimum Gasteiger partial charge on any atom is -0.383 e. The zero-order chi connectivity index (χ0) is 17.0. The number of aromatic nitrogens is 2. The van der Waals surface area contributed by atoms with Gasteiger partial charge in [0.25, 0.3) is 0 Å². The first-order chi connectivity index (χ1) is 11.8. The summed E-state index contributed by atoms with van der Waals surface area (Å²) in [4.78, 5) is 7.15. The van der Waals surface area contributed by atoms with Crippen molar-refractivity contribution in [1.29, 1.82) is 0 Å². The molecule has 1 aliphatic carbocycles. The fourth-order valence-corrected chi connectivity index (χ4v) is 2.64. The highest BCUT2D eigenvalue weighted by atomic mass is 127. The van der Waals surface area contributed by atoms with Crippen molar-refractivity contribution in [3.8, 4) is 0 Å². The summed E-state index contributed by atoms with van der Waals surface area (Å²) in [5.41, 5.74) is 0. The van der Waals surface area contributed by atoms with E-state index in [1.165, 1.54) is 12.8 Å². The molecule has 1 heterocycles. The van der Waals surface area contributed by atoms with Crippen LogP contribution in [-0.2, 0) is 11.3 Å². The zero-order valence-corrected chi connectivity index (χ0v) is 17.8. The second-order valence-electron chi connectivity index (χ2n) is 6.07. The molecule has 1 aromatic rings. The first-order valence-corrected chi connectivity index (χ1v) is 9.06. The van der Waals surface area contributed by atoms with Crippen molar-refractivity contribution in [1.82, 2.24) is 25.3 Å². The van der Waals surface area contributed by atoms with Crippen LogP contribution in [0.3, 0.4) is 0 Å². The third-order valence-corrected chi connectivity index (χ3v) is 4.06. The Labute approximate surface area is 168 Å². The SMILES string of the molecule is CCNC(=NCCCn1cccn1)NCCN(CCOC)C1CC1.I. The minimum atomic E-state index is 0. The molecule has 0 aliphatic heterocycles. The first kappa shape index (κ1) is 22.2. The van der Waals surface area contributed by atoms with E-state index in [1.807, 2.05) is 23.1 Å². The summed E-state index contributed by atoms with van der Waals surface area (Å²) in [6.45, 7) is 8.43. The number of guanidine groups is 1. The van der Waals surface area contributed by atoms with Gasteiger partial charge in [0.1, 0.15) is 0 Å². The number of hydrogen-bond acceptors (Lipinski definition) is 4. The van der Waals surface area contributed by atoms with Crippen LogP contribution < -0.4 is 10.6 Å². The van der Waals surface area contributed by atoms with Gasteiger partial charge in [-0.15, -0.1) is 24.0 Å². The van der Waals surface area contributed by atoms with Crippen LogP contribution in [0.2, 0.25) is 0 Å². The van der Waals surface area contributed by atoms with Crippen LogP contribution in [0.25, 0.3) is 0 Å². The quantitative estimate of drug-likeness (QED) is 0.213. The number of aryl methyl sites for hydroxylation is 1. The van der Waals surface area contributed by atoms with Gasteiger partial charge in [0, 0.05) is 64.8 Å². The predicted molar refractivity (Wildman–Crippen MR) is 113 cm³/mol. The molecule has 0 unspecified atom stereocenters. The van der Waals surface area contributed by atoms with E-state index in [2.05, 4.69) is 32.5 Å². The molecule has 0 radical (unpaired) electrons. The minimum absolute atomic E-state index is 0. The molecule has 0 saturated heterocycles. The molecular formula is C17H33IN6O. The van der Waals surface area contributed by atoms with E-state index in [9.17, 15) is 0 Å². The summed E-state index contributed by atoms with van der Waals surface area (Å²) in [6, 6.07) is 2.71. The third kappa shape index (κ3) is 9.41. The summed E-state index contributed by atoms with van der Waals surface area (Å²) in [5, 5.41) is 11.0. The lowest BCUT2D eigenvalue weighted by Gasteiger charge is -2.22. The van der Waals surface area contributed by atoms with Crippen molar-refractivity contribution in [2.24, 2.45) is 4.99 Å². The molecule has 0 atom stereocenters. The standard InChI is InChI=1S/C17H32N6O.HI/c1-3-18-17(19-8-4-11-23-12-5-9-21-23)20-10-13-22(14-15-24-2)16-6-7-16;/h5,9,12,16H,3-4,6-8,10-11,13-15H2,1-2H3,(H2,18,19,20);1H. The maximum atomic E-state index is 5.21. The highest BCUT2D eigenvalue weighted by molar-refractivity contribution is 14.0. The largest absolute Gasteiger partial charge is 0.383 e. The smallest absolute Gasteiger partial charge is 0.191 e. The average molecular weight is 464 g/mol. The van der Waals surface area contributed by atoms with Crippen LogP contribution in [-0.4, -0.2) is 73.1 Å². The first-order valence-electron chi connectivity index (χ1n) is 9.06. The topological polar surface area (TPSA) is 66.7 Å². The summed E-state index contributed by atoms with van der Waals surface area (Å²) in [6.07, 6.45) is 7.43. The summed E-state index contributed by atoms with van der Waals surface area (Å²) < 4.78 is 7.15. The van der Waals surface area contributed by atoms with Crippen LogP contribution >= 0.6 is 24.0 Å². The highest BCUT2D eigenvalue weighted by Crippen LogP contribution is 2.25. The molecule has 8 heteroatoms. The molecule has 0 bridgehead atoms. The fourth-order valence-electron chi connectivity index (χ4n) is 2.64. The third-order valence-electron chi connectivity index (χ3n) is 4.06. The molecular weight excluding hydrogens is 431 g/mol. The second-order valence-corrected chi connectivity index (χ2v) is 6.07. The number of rotatable bonds is 12. The zero-order valence-electron chi connectivity index (χ0n) is 15.5. The molecule has 0 amide bonds. The molecule has 2 N–H and O–H groups in total. The van der Waals surface area contributed by atoms with Crippen molar-refractivity contribution < 1.29 is 4.74 Å².